The molecular weight excluding hydrogens is 619 g/mol. The molecule has 2 heterocycles. The second-order valence-electron chi connectivity index (χ2n) is 10.2. The molecule has 1 aliphatic rings. The number of amides is 3. The Morgan fingerprint density at radius 2 is 1.78 bits per heavy atom. The number of nitrogens with zero attached hydrogens (tertiary/aromatic N) is 5. The molecule has 0 aliphatic carbocycles. The van der Waals surface area contributed by atoms with Crippen LogP contribution in [-0.4, -0.2) is 44.0 Å². The smallest absolute Gasteiger partial charge is 0.406 e. The van der Waals surface area contributed by atoms with Gasteiger partial charge in [0.25, 0.3) is 6.43 Å². The van der Waals surface area contributed by atoms with Crippen LogP contribution in [0, 0.1) is 6.92 Å². The summed E-state index contributed by atoms with van der Waals surface area (Å²) >= 11 is 1.07. The van der Waals surface area contributed by atoms with Gasteiger partial charge in [0.1, 0.15) is 12.1 Å². The molecule has 5 rings (SSSR count). The number of carbonyl (C=O) groups is 2. The van der Waals surface area contributed by atoms with Gasteiger partial charge in [0.15, 0.2) is 11.0 Å². The summed E-state index contributed by atoms with van der Waals surface area (Å²) in [5.41, 5.74) is 2.27. The monoisotopic (exact) mass is 644 g/mol. The fourth-order valence-electron chi connectivity index (χ4n) is 4.56. The predicted octanol–water partition coefficient (Wildman–Crippen LogP) is 7.87. The second-order valence-corrected chi connectivity index (χ2v) is 11.2. The van der Waals surface area contributed by atoms with Crippen LogP contribution in [0.1, 0.15) is 42.9 Å². The molecule has 15 heteroatoms. The molecule has 1 fully saturated rings. The van der Waals surface area contributed by atoms with Crippen molar-refractivity contribution in [1.29, 1.82) is 0 Å². The first kappa shape index (κ1) is 31.6. The van der Waals surface area contributed by atoms with E-state index >= 15 is 0 Å². The molecule has 4 aromatic rings. The third kappa shape index (κ3) is 7.30. The molecule has 1 aliphatic heterocycles. The van der Waals surface area contributed by atoms with Gasteiger partial charge in [-0.3, -0.25) is 9.69 Å². The summed E-state index contributed by atoms with van der Waals surface area (Å²) in [6.45, 7) is 5.85. The Morgan fingerprint density at radius 1 is 1.04 bits per heavy atom. The lowest BCUT2D eigenvalue weighted by Crippen LogP contribution is -2.31. The molecule has 1 N–H and O–H groups in total. The molecule has 3 aromatic carbocycles. The van der Waals surface area contributed by atoms with Crippen LogP contribution in [0.4, 0.5) is 38.1 Å². The van der Waals surface area contributed by atoms with Crippen LogP contribution in [0.25, 0.3) is 17.1 Å². The summed E-state index contributed by atoms with van der Waals surface area (Å²) in [7, 11) is 0. The fraction of sp³-hybridized carbons (Fsp3) is 0.233. The Bertz CT molecular complexity index is 1770. The van der Waals surface area contributed by atoms with Crippen molar-refractivity contribution in [2.45, 2.75) is 39.5 Å². The number of nitrogens with one attached hydrogen (secondary N) is 1. The zero-order valence-electron chi connectivity index (χ0n) is 24.0. The van der Waals surface area contributed by atoms with E-state index in [-0.39, 0.29) is 39.8 Å². The highest BCUT2D eigenvalue weighted by Gasteiger charge is 2.33. The van der Waals surface area contributed by atoms with Crippen LogP contribution >= 0.6 is 11.8 Å². The Balaban J connectivity index is 1.36. The number of amidine groups is 1. The minimum atomic E-state index is -4.84. The maximum Gasteiger partial charge on any atom is 0.573 e. The van der Waals surface area contributed by atoms with Gasteiger partial charge in [-0.15, -0.1) is 18.3 Å². The number of anilines is 2. The fourth-order valence-corrected chi connectivity index (χ4v) is 5.42. The number of rotatable bonds is 7. The number of halogens is 5. The van der Waals surface area contributed by atoms with Crippen molar-refractivity contribution < 1.29 is 36.3 Å². The largest absolute Gasteiger partial charge is 0.573 e. The third-order valence-corrected chi connectivity index (χ3v) is 7.55. The van der Waals surface area contributed by atoms with E-state index in [2.05, 4.69) is 25.1 Å². The van der Waals surface area contributed by atoms with E-state index in [1.165, 1.54) is 40.2 Å². The summed E-state index contributed by atoms with van der Waals surface area (Å²) in [5.74, 6) is -0.465. The Kier molecular flexibility index (Phi) is 8.91. The van der Waals surface area contributed by atoms with Gasteiger partial charge >= 0.3 is 12.4 Å². The zero-order valence-corrected chi connectivity index (χ0v) is 24.8. The summed E-state index contributed by atoms with van der Waals surface area (Å²) in [4.78, 5) is 35.3. The summed E-state index contributed by atoms with van der Waals surface area (Å²) in [6, 6.07) is 13.4. The topological polar surface area (TPSA) is 102 Å². The normalized spacial score (nSPS) is 14.6. The van der Waals surface area contributed by atoms with Crippen LogP contribution in [0.2, 0.25) is 0 Å². The number of thioether (sulfide) groups is 1. The molecular formula is C30H25F5N6O3S. The average molecular weight is 645 g/mol. The molecule has 1 saturated heterocycles. The summed E-state index contributed by atoms with van der Waals surface area (Å²) in [6.07, 6.45) is -6.55. The highest BCUT2D eigenvalue weighted by molar-refractivity contribution is 8.15. The minimum Gasteiger partial charge on any atom is -0.406 e. The van der Waals surface area contributed by atoms with Gasteiger partial charge in [0, 0.05) is 11.1 Å². The molecule has 0 radical (unpaired) electrons. The number of benzene rings is 3. The van der Waals surface area contributed by atoms with E-state index in [4.69, 9.17) is 0 Å². The van der Waals surface area contributed by atoms with E-state index in [0.29, 0.717) is 11.4 Å². The maximum atomic E-state index is 14.1. The summed E-state index contributed by atoms with van der Waals surface area (Å²) in [5, 5.41) is 6.75. The molecule has 3 amide bonds. The zero-order chi connectivity index (χ0) is 32.5. The second kappa shape index (κ2) is 12.7. The van der Waals surface area contributed by atoms with Crippen LogP contribution < -0.4 is 15.0 Å². The van der Waals surface area contributed by atoms with E-state index in [1.54, 1.807) is 0 Å². The number of ether oxygens (including phenoxy) is 1. The van der Waals surface area contributed by atoms with Crippen molar-refractivity contribution in [3.8, 4) is 22.8 Å². The van der Waals surface area contributed by atoms with Gasteiger partial charge in [0.05, 0.1) is 22.8 Å². The first-order chi connectivity index (χ1) is 21.3. The average Bonchev–Trinajstić information content (AvgIpc) is 3.59. The quantitative estimate of drug-likeness (QED) is 0.206. The van der Waals surface area contributed by atoms with Gasteiger partial charge in [-0.1, -0.05) is 37.7 Å². The Labute approximate surface area is 258 Å². The summed E-state index contributed by atoms with van der Waals surface area (Å²) < 4.78 is 70.6. The molecule has 45 heavy (non-hydrogen) atoms. The minimum absolute atomic E-state index is 0.0567. The van der Waals surface area contributed by atoms with Gasteiger partial charge in [-0.25, -0.2) is 23.2 Å². The molecule has 0 atom stereocenters. The number of aromatic nitrogens is 3. The van der Waals surface area contributed by atoms with Crippen LogP contribution in [-0.2, 0) is 4.79 Å². The lowest BCUT2D eigenvalue weighted by atomic mass is 9.99. The predicted molar refractivity (Wildman–Crippen MR) is 160 cm³/mol. The SMILES string of the molecule is Cc1ccc(C(C)C)c(N2C(=O)CS/C2=N\C(=O)Nc2ccc(-c3ncn(-c4ccc(OC(F)(F)F)cc4)n3)cc2C(F)F)c1. The number of urea groups is 1. The van der Waals surface area contributed by atoms with E-state index in [1.807, 2.05) is 39.0 Å². The first-order valence-corrected chi connectivity index (χ1v) is 14.4. The van der Waals surface area contributed by atoms with Crippen molar-refractivity contribution in [1.82, 2.24) is 14.8 Å². The number of hydrogen-bond acceptors (Lipinski definition) is 6. The highest BCUT2D eigenvalue weighted by Crippen LogP contribution is 2.35. The van der Waals surface area contributed by atoms with Crippen molar-refractivity contribution in [2.24, 2.45) is 4.99 Å². The number of aliphatic imine (C=N–C) groups is 1. The highest BCUT2D eigenvalue weighted by atomic mass is 32.2. The first-order valence-electron chi connectivity index (χ1n) is 13.5. The number of alkyl halides is 5. The van der Waals surface area contributed by atoms with E-state index < -0.39 is 30.1 Å². The standard InChI is InChI=1S/C30H25F5N6O3S/c1-16(2)21-10-4-17(3)12-24(21)41-25(42)14-45-29(41)38-28(43)37-23-11-5-18(13-22(23)26(31)32)27-36-15-40(39-27)19-6-8-20(9-7-19)44-30(33,34)35/h4-13,15-16,26H,14H2,1-3H3,(H,37,43)/b38-29-. The van der Waals surface area contributed by atoms with E-state index in [9.17, 15) is 31.5 Å². The van der Waals surface area contributed by atoms with E-state index in [0.717, 1.165) is 41.1 Å². The van der Waals surface area contributed by atoms with Crippen molar-refractivity contribution in [2.75, 3.05) is 16.0 Å². The lowest BCUT2D eigenvalue weighted by Gasteiger charge is -2.22. The molecule has 0 bridgehead atoms. The third-order valence-electron chi connectivity index (χ3n) is 6.62. The molecule has 0 unspecified atom stereocenters. The van der Waals surface area contributed by atoms with Gasteiger partial charge in [-0.05, 0) is 72.5 Å². The van der Waals surface area contributed by atoms with Crippen LogP contribution in [0.3, 0.4) is 0 Å². The van der Waals surface area contributed by atoms with Gasteiger partial charge in [0.2, 0.25) is 5.91 Å². The van der Waals surface area contributed by atoms with Crippen molar-refractivity contribution >= 4 is 40.2 Å². The molecule has 234 valence electrons. The lowest BCUT2D eigenvalue weighted by molar-refractivity contribution is -0.274. The Hall–Kier alpha value is -4.79. The number of carbonyl (C=O) groups excluding carboxylic acids is 2. The molecule has 0 saturated carbocycles. The van der Waals surface area contributed by atoms with Crippen molar-refractivity contribution in [3.05, 3.63) is 83.7 Å². The van der Waals surface area contributed by atoms with Crippen molar-refractivity contribution in [3.63, 3.8) is 0 Å². The number of hydrogen-bond donors (Lipinski definition) is 1. The van der Waals surface area contributed by atoms with Gasteiger partial charge in [-0.2, -0.15) is 4.99 Å². The molecule has 0 spiro atoms. The molecule has 9 nitrogen and oxygen atoms in total. The van der Waals surface area contributed by atoms with Crippen LogP contribution in [0.5, 0.6) is 5.75 Å². The van der Waals surface area contributed by atoms with Gasteiger partial charge < -0.3 is 10.1 Å². The maximum absolute atomic E-state index is 14.1. The molecule has 1 aromatic heterocycles. The number of aryl methyl sites for hydroxylation is 1. The Morgan fingerprint density at radius 3 is 2.44 bits per heavy atom. The van der Waals surface area contributed by atoms with Crippen LogP contribution in [0.15, 0.2) is 72.0 Å².